The van der Waals surface area contributed by atoms with Gasteiger partial charge in [0.05, 0.1) is 6.20 Å². The monoisotopic (exact) mass is 349 g/mol. The number of benzene rings is 1. The summed E-state index contributed by atoms with van der Waals surface area (Å²) in [6.07, 6.45) is 10.6. The van der Waals surface area contributed by atoms with E-state index in [1.165, 1.54) is 6.08 Å². The lowest BCUT2D eigenvalue weighted by Gasteiger charge is -2.11. The second kappa shape index (κ2) is 7.82. The van der Waals surface area contributed by atoms with E-state index in [9.17, 15) is 4.79 Å². The third kappa shape index (κ3) is 4.47. The molecule has 26 heavy (non-hydrogen) atoms. The number of nitrogens with one attached hydrogen (secondary N) is 1. The van der Waals surface area contributed by atoms with E-state index in [0.717, 1.165) is 29.2 Å². The molecule has 0 bridgehead atoms. The van der Waals surface area contributed by atoms with E-state index >= 15 is 0 Å². The Morgan fingerprint density at radius 2 is 2.19 bits per heavy atom. The summed E-state index contributed by atoms with van der Waals surface area (Å²) in [5, 5.41) is 6.97. The molecule has 3 rings (SSSR count). The average Bonchev–Trinajstić information content (AvgIpc) is 3.22. The summed E-state index contributed by atoms with van der Waals surface area (Å²) in [4.78, 5) is 16.5. The zero-order valence-corrected chi connectivity index (χ0v) is 15.3. The lowest BCUT2D eigenvalue weighted by atomic mass is 10.1. The van der Waals surface area contributed by atoms with Crippen LogP contribution in [-0.4, -0.2) is 25.2 Å². The van der Waals surface area contributed by atoms with Crippen LogP contribution in [0, 0.1) is 0 Å². The minimum absolute atomic E-state index is 0.170. The van der Waals surface area contributed by atoms with Gasteiger partial charge >= 0.3 is 0 Å². The summed E-state index contributed by atoms with van der Waals surface area (Å²) in [6.45, 7) is 4.98. The van der Waals surface area contributed by atoms with Crippen molar-refractivity contribution in [1.82, 2.24) is 19.3 Å². The maximum atomic E-state index is 12.1. The summed E-state index contributed by atoms with van der Waals surface area (Å²) < 4.78 is 3.83. The van der Waals surface area contributed by atoms with E-state index in [4.69, 9.17) is 0 Å². The first-order valence-corrected chi connectivity index (χ1v) is 8.59. The van der Waals surface area contributed by atoms with Crippen LogP contribution in [0.5, 0.6) is 0 Å². The number of carbonyl (C=O) groups excluding carboxylic acids is 1. The largest absolute Gasteiger partial charge is 0.330 e. The van der Waals surface area contributed by atoms with Gasteiger partial charge in [-0.1, -0.05) is 26.0 Å². The molecule has 0 atom stereocenters. The summed E-state index contributed by atoms with van der Waals surface area (Å²) in [5.41, 5.74) is 2.77. The van der Waals surface area contributed by atoms with Crippen LogP contribution in [0.15, 0.2) is 55.1 Å². The highest BCUT2D eigenvalue weighted by molar-refractivity contribution is 6.01. The molecule has 2 heterocycles. The smallest absolute Gasteiger partial charge is 0.248 e. The first kappa shape index (κ1) is 17.7. The highest BCUT2D eigenvalue weighted by Gasteiger charge is 2.08. The molecule has 2 aromatic heterocycles. The van der Waals surface area contributed by atoms with Gasteiger partial charge in [0, 0.05) is 55.4 Å². The van der Waals surface area contributed by atoms with Crippen LogP contribution in [0.2, 0.25) is 0 Å². The Kier molecular flexibility index (Phi) is 5.31. The molecule has 1 N–H and O–H groups in total. The molecule has 0 spiro atoms. The van der Waals surface area contributed by atoms with Crippen LogP contribution >= 0.6 is 0 Å². The molecule has 0 aliphatic heterocycles. The fourth-order valence-electron chi connectivity index (χ4n) is 2.78. The molecule has 6 heteroatoms. The number of anilines is 1. The number of aromatic nitrogens is 4. The van der Waals surface area contributed by atoms with Gasteiger partial charge in [-0.15, -0.1) is 0 Å². The molecule has 0 aliphatic carbocycles. The van der Waals surface area contributed by atoms with Crippen LogP contribution in [0.1, 0.15) is 36.7 Å². The molecular formula is C20H23N5O. The van der Waals surface area contributed by atoms with Gasteiger partial charge in [0.1, 0.15) is 5.82 Å². The maximum absolute atomic E-state index is 12.1. The number of rotatable bonds is 6. The summed E-state index contributed by atoms with van der Waals surface area (Å²) >= 11 is 0. The quantitative estimate of drug-likeness (QED) is 0.693. The molecule has 6 nitrogen and oxygen atoms in total. The Hall–Kier alpha value is -3.15. The number of amides is 1. The lowest BCUT2D eigenvalue weighted by molar-refractivity contribution is -0.111. The van der Waals surface area contributed by atoms with E-state index in [2.05, 4.69) is 33.8 Å². The number of imidazole rings is 1. The standard InChI is InChI=1S/C20H23N5O/c1-15(2)20-21-9-10-25(20)14-16-5-4-6-18(11-16)23-19(26)8-7-17-12-22-24(3)13-17/h4-13,15H,14H2,1-3H3,(H,23,26). The normalized spacial score (nSPS) is 11.4. The van der Waals surface area contributed by atoms with Crippen molar-refractivity contribution in [3.63, 3.8) is 0 Å². The Bertz CT molecular complexity index is 920. The Morgan fingerprint density at radius 3 is 2.92 bits per heavy atom. The zero-order valence-electron chi connectivity index (χ0n) is 15.3. The number of aryl methyl sites for hydroxylation is 1. The van der Waals surface area contributed by atoms with Crippen molar-refractivity contribution in [3.05, 3.63) is 72.1 Å². The summed E-state index contributed by atoms with van der Waals surface area (Å²) in [6, 6.07) is 7.86. The number of carbonyl (C=O) groups is 1. The third-order valence-electron chi connectivity index (χ3n) is 3.96. The first-order chi connectivity index (χ1) is 12.5. The average molecular weight is 349 g/mol. The van der Waals surface area contributed by atoms with Crippen molar-refractivity contribution in [2.45, 2.75) is 26.3 Å². The highest BCUT2D eigenvalue weighted by atomic mass is 16.1. The van der Waals surface area contributed by atoms with Crippen LogP contribution in [0.3, 0.4) is 0 Å². The second-order valence-corrected chi connectivity index (χ2v) is 6.54. The van der Waals surface area contributed by atoms with Gasteiger partial charge in [-0.25, -0.2) is 4.98 Å². The number of hydrogen-bond donors (Lipinski definition) is 1. The van der Waals surface area contributed by atoms with Gasteiger partial charge in [0.25, 0.3) is 0 Å². The van der Waals surface area contributed by atoms with Crippen molar-refractivity contribution >= 4 is 17.7 Å². The predicted molar refractivity (Wildman–Crippen MR) is 103 cm³/mol. The van der Waals surface area contributed by atoms with Gasteiger partial charge in [-0.05, 0) is 23.8 Å². The summed E-state index contributed by atoms with van der Waals surface area (Å²) in [7, 11) is 1.84. The second-order valence-electron chi connectivity index (χ2n) is 6.54. The van der Waals surface area contributed by atoms with Crippen molar-refractivity contribution in [1.29, 1.82) is 0 Å². The van der Waals surface area contributed by atoms with E-state index in [-0.39, 0.29) is 5.91 Å². The fraction of sp³-hybridized carbons (Fsp3) is 0.250. The molecule has 134 valence electrons. The third-order valence-corrected chi connectivity index (χ3v) is 3.96. The van der Waals surface area contributed by atoms with E-state index < -0.39 is 0 Å². The van der Waals surface area contributed by atoms with Gasteiger partial charge in [0.15, 0.2) is 0 Å². The van der Waals surface area contributed by atoms with Gasteiger partial charge < -0.3 is 9.88 Å². The molecule has 0 aliphatic rings. The van der Waals surface area contributed by atoms with Gasteiger partial charge in [-0.3, -0.25) is 9.48 Å². The molecule has 0 radical (unpaired) electrons. The van der Waals surface area contributed by atoms with E-state index in [0.29, 0.717) is 5.92 Å². The number of hydrogen-bond acceptors (Lipinski definition) is 3. The molecule has 1 amide bonds. The highest BCUT2D eigenvalue weighted by Crippen LogP contribution is 2.16. The number of nitrogens with zero attached hydrogens (tertiary/aromatic N) is 4. The van der Waals surface area contributed by atoms with Crippen molar-refractivity contribution in [2.75, 3.05) is 5.32 Å². The van der Waals surface area contributed by atoms with Crippen LogP contribution in [0.4, 0.5) is 5.69 Å². The van der Waals surface area contributed by atoms with E-state index in [1.807, 2.05) is 49.9 Å². The van der Waals surface area contributed by atoms with Gasteiger partial charge in [0.2, 0.25) is 5.91 Å². The van der Waals surface area contributed by atoms with Gasteiger partial charge in [-0.2, -0.15) is 5.10 Å². The minimum atomic E-state index is -0.170. The molecule has 1 aromatic carbocycles. The lowest BCUT2D eigenvalue weighted by Crippen LogP contribution is -2.09. The van der Waals surface area contributed by atoms with Crippen molar-refractivity contribution in [3.8, 4) is 0 Å². The predicted octanol–water partition coefficient (Wildman–Crippen LogP) is 3.44. The fourth-order valence-corrected chi connectivity index (χ4v) is 2.78. The summed E-state index contributed by atoms with van der Waals surface area (Å²) in [5.74, 6) is 1.25. The molecule has 0 saturated heterocycles. The van der Waals surface area contributed by atoms with Crippen molar-refractivity contribution in [2.24, 2.45) is 7.05 Å². The molecule has 0 saturated carbocycles. The van der Waals surface area contributed by atoms with Crippen LogP contribution in [-0.2, 0) is 18.4 Å². The molecule has 3 aromatic rings. The first-order valence-electron chi connectivity index (χ1n) is 8.59. The van der Waals surface area contributed by atoms with Crippen LogP contribution in [0.25, 0.3) is 6.08 Å². The molecule has 0 unspecified atom stereocenters. The van der Waals surface area contributed by atoms with Crippen LogP contribution < -0.4 is 5.32 Å². The molecule has 0 fully saturated rings. The Labute approximate surface area is 153 Å². The topological polar surface area (TPSA) is 64.7 Å². The maximum Gasteiger partial charge on any atom is 0.248 e. The SMILES string of the molecule is CC(C)c1nccn1Cc1cccc(NC(=O)C=Cc2cnn(C)c2)c1. The Balaban J connectivity index is 1.66. The Morgan fingerprint density at radius 1 is 1.35 bits per heavy atom. The van der Waals surface area contributed by atoms with E-state index in [1.54, 1.807) is 17.0 Å². The minimum Gasteiger partial charge on any atom is -0.330 e. The molecular weight excluding hydrogens is 326 g/mol. The van der Waals surface area contributed by atoms with Crippen molar-refractivity contribution < 1.29 is 4.79 Å². The zero-order chi connectivity index (χ0) is 18.5.